The molecule has 4 fully saturated rings. The van der Waals surface area contributed by atoms with Gasteiger partial charge in [0.2, 0.25) is 0 Å². The fourth-order valence-corrected chi connectivity index (χ4v) is 2.18. The Hall–Kier alpha value is -0.200. The number of rotatable bonds is 4. The summed E-state index contributed by atoms with van der Waals surface area (Å²) in [5.41, 5.74) is 0.157. The molecule has 17 heavy (non-hydrogen) atoms. The van der Waals surface area contributed by atoms with Crippen LogP contribution in [0.15, 0.2) is 0 Å². The van der Waals surface area contributed by atoms with Crippen molar-refractivity contribution in [3.8, 4) is 0 Å². The van der Waals surface area contributed by atoms with Crippen LogP contribution < -0.4 is 0 Å². The van der Waals surface area contributed by atoms with Gasteiger partial charge in [-0.1, -0.05) is 13.8 Å². The lowest BCUT2D eigenvalue weighted by Crippen LogP contribution is -2.61. The van der Waals surface area contributed by atoms with Crippen molar-refractivity contribution in [3.63, 3.8) is 0 Å². The number of hydrogen-bond acceptors (Lipinski definition) is 5. The summed E-state index contributed by atoms with van der Waals surface area (Å²) in [5.74, 6) is -0.960. The summed E-state index contributed by atoms with van der Waals surface area (Å²) < 4.78 is 27.8. The second kappa shape index (κ2) is 3.90. The third-order valence-corrected chi connectivity index (χ3v) is 3.55. The molecule has 4 saturated heterocycles. The maximum Gasteiger partial charge on any atom is 0.307 e. The Labute approximate surface area is 101 Å². The minimum atomic E-state index is -0.960. The average Bonchev–Trinajstić information content (AvgIpc) is 2.29. The zero-order chi connectivity index (χ0) is 12.0. The van der Waals surface area contributed by atoms with Crippen LogP contribution in [0.5, 0.6) is 0 Å². The van der Waals surface area contributed by atoms with Crippen LogP contribution in [0.2, 0.25) is 0 Å². The van der Waals surface area contributed by atoms with Gasteiger partial charge in [-0.3, -0.25) is 0 Å². The predicted molar refractivity (Wildman–Crippen MR) is 58.4 cm³/mol. The predicted octanol–water partition coefficient (Wildman–Crippen LogP) is 0.777. The summed E-state index contributed by atoms with van der Waals surface area (Å²) in [4.78, 5) is 0. The number of fused-ring (bicyclic) bond motifs is 3. The lowest BCUT2D eigenvalue weighted by Gasteiger charge is -2.50. The van der Waals surface area contributed by atoms with Crippen LogP contribution in [0, 0.1) is 10.8 Å². The van der Waals surface area contributed by atoms with Crippen molar-refractivity contribution < 1.29 is 23.7 Å². The summed E-state index contributed by atoms with van der Waals surface area (Å²) in [6.45, 7) is 8.80. The van der Waals surface area contributed by atoms with Crippen molar-refractivity contribution in [2.45, 2.75) is 19.8 Å². The van der Waals surface area contributed by atoms with Crippen molar-refractivity contribution in [2.24, 2.45) is 10.8 Å². The van der Waals surface area contributed by atoms with Crippen LogP contribution in [0.4, 0.5) is 0 Å². The van der Waals surface area contributed by atoms with Gasteiger partial charge in [0, 0.05) is 10.8 Å². The van der Waals surface area contributed by atoms with Crippen LogP contribution in [0.1, 0.15) is 13.8 Å². The minimum Gasteiger partial charge on any atom is -0.380 e. The van der Waals surface area contributed by atoms with E-state index in [-0.39, 0.29) is 10.8 Å². The maximum absolute atomic E-state index is 5.68. The highest BCUT2D eigenvalue weighted by atomic mass is 16.9. The minimum absolute atomic E-state index is 0.00947. The second-order valence-corrected chi connectivity index (χ2v) is 6.16. The van der Waals surface area contributed by atoms with E-state index in [2.05, 4.69) is 13.8 Å². The smallest absolute Gasteiger partial charge is 0.307 e. The fraction of sp³-hybridized carbons (Fsp3) is 1.00. The van der Waals surface area contributed by atoms with Gasteiger partial charge < -0.3 is 23.7 Å². The summed E-state index contributed by atoms with van der Waals surface area (Å²) in [6.07, 6.45) is 0. The second-order valence-electron chi connectivity index (χ2n) is 6.16. The maximum atomic E-state index is 5.68. The van der Waals surface area contributed by atoms with Crippen molar-refractivity contribution in [2.75, 3.05) is 46.2 Å². The molecular weight excluding hydrogens is 224 g/mol. The first-order valence-corrected chi connectivity index (χ1v) is 6.11. The van der Waals surface area contributed by atoms with Gasteiger partial charge in [0.05, 0.1) is 39.6 Å². The Bertz CT molecular complexity index is 275. The molecule has 5 heteroatoms. The van der Waals surface area contributed by atoms with Crippen LogP contribution in [-0.2, 0) is 23.7 Å². The molecule has 0 aromatic heterocycles. The van der Waals surface area contributed by atoms with E-state index in [4.69, 9.17) is 23.7 Å². The topological polar surface area (TPSA) is 46.2 Å². The Morgan fingerprint density at radius 3 is 1.94 bits per heavy atom. The SMILES string of the molecule is CC1(COCC23OCC(C)(CO2)CO3)COC1. The normalized spacial score (nSPS) is 43.4. The molecule has 0 saturated carbocycles. The summed E-state index contributed by atoms with van der Waals surface area (Å²) in [7, 11) is 0. The van der Waals surface area contributed by atoms with Gasteiger partial charge in [0.15, 0.2) is 0 Å². The van der Waals surface area contributed by atoms with Crippen molar-refractivity contribution in [3.05, 3.63) is 0 Å². The molecule has 0 radical (unpaired) electrons. The highest BCUT2D eigenvalue weighted by Crippen LogP contribution is 2.38. The van der Waals surface area contributed by atoms with E-state index in [1.54, 1.807) is 0 Å². The molecular formula is C12H20O5. The van der Waals surface area contributed by atoms with Gasteiger partial charge in [-0.15, -0.1) is 0 Å². The van der Waals surface area contributed by atoms with E-state index in [1.165, 1.54) is 0 Å². The molecule has 0 spiro atoms. The first-order valence-electron chi connectivity index (χ1n) is 6.11. The van der Waals surface area contributed by atoms with Gasteiger partial charge in [-0.2, -0.15) is 0 Å². The molecule has 0 amide bonds. The Morgan fingerprint density at radius 1 is 0.882 bits per heavy atom. The monoisotopic (exact) mass is 244 g/mol. The molecule has 2 bridgehead atoms. The molecule has 0 unspecified atom stereocenters. The lowest BCUT2D eigenvalue weighted by atomic mass is 9.90. The first-order chi connectivity index (χ1) is 8.04. The van der Waals surface area contributed by atoms with Gasteiger partial charge in [-0.25, -0.2) is 0 Å². The molecule has 5 nitrogen and oxygen atoms in total. The molecule has 0 aliphatic carbocycles. The largest absolute Gasteiger partial charge is 0.380 e. The van der Waals surface area contributed by atoms with Gasteiger partial charge in [-0.05, 0) is 0 Å². The zero-order valence-electron chi connectivity index (χ0n) is 10.5. The number of hydrogen-bond donors (Lipinski definition) is 0. The molecule has 0 atom stereocenters. The molecule has 4 heterocycles. The van der Waals surface area contributed by atoms with E-state index < -0.39 is 5.97 Å². The molecule has 0 aromatic rings. The average molecular weight is 244 g/mol. The van der Waals surface area contributed by atoms with E-state index in [1.807, 2.05) is 0 Å². The summed E-state index contributed by atoms with van der Waals surface area (Å²) in [6, 6.07) is 0. The number of ether oxygens (including phenoxy) is 5. The molecule has 0 N–H and O–H groups in total. The van der Waals surface area contributed by atoms with E-state index in [9.17, 15) is 0 Å². The third-order valence-electron chi connectivity index (χ3n) is 3.55. The highest BCUT2D eigenvalue weighted by Gasteiger charge is 2.51. The van der Waals surface area contributed by atoms with Crippen molar-refractivity contribution in [1.82, 2.24) is 0 Å². The molecule has 4 aliphatic heterocycles. The van der Waals surface area contributed by atoms with Gasteiger partial charge in [0.25, 0.3) is 0 Å². The summed E-state index contributed by atoms with van der Waals surface area (Å²) in [5, 5.41) is 0. The first kappa shape index (κ1) is 11.9. The molecule has 4 aliphatic rings. The standard InChI is InChI=1S/C12H20O5/c1-10(3-13-4-10)5-14-9-12-15-6-11(2,7-16-12)8-17-12/h3-9H2,1-2H3. The summed E-state index contributed by atoms with van der Waals surface area (Å²) >= 11 is 0. The fourth-order valence-electron chi connectivity index (χ4n) is 2.18. The van der Waals surface area contributed by atoms with E-state index in [0.717, 1.165) is 13.2 Å². The van der Waals surface area contributed by atoms with Crippen LogP contribution in [0.3, 0.4) is 0 Å². The Morgan fingerprint density at radius 2 is 1.47 bits per heavy atom. The Kier molecular flexibility index (Phi) is 2.72. The van der Waals surface area contributed by atoms with Crippen LogP contribution in [0.25, 0.3) is 0 Å². The van der Waals surface area contributed by atoms with Crippen molar-refractivity contribution in [1.29, 1.82) is 0 Å². The highest BCUT2D eigenvalue weighted by molar-refractivity contribution is 4.85. The van der Waals surface area contributed by atoms with Crippen LogP contribution >= 0.6 is 0 Å². The Balaban J connectivity index is 1.48. The molecule has 4 rings (SSSR count). The zero-order valence-corrected chi connectivity index (χ0v) is 10.5. The van der Waals surface area contributed by atoms with E-state index in [0.29, 0.717) is 33.0 Å². The van der Waals surface area contributed by atoms with Crippen molar-refractivity contribution >= 4 is 0 Å². The molecule has 0 aromatic carbocycles. The quantitative estimate of drug-likeness (QED) is 0.731. The van der Waals surface area contributed by atoms with E-state index >= 15 is 0 Å². The van der Waals surface area contributed by atoms with Gasteiger partial charge >= 0.3 is 5.97 Å². The van der Waals surface area contributed by atoms with Crippen LogP contribution in [-0.4, -0.2) is 52.2 Å². The van der Waals surface area contributed by atoms with Gasteiger partial charge in [0.1, 0.15) is 6.61 Å². The molecule has 98 valence electrons. The third kappa shape index (κ3) is 2.22. The lowest BCUT2D eigenvalue weighted by molar-refractivity contribution is -0.475.